The fourth-order valence-electron chi connectivity index (χ4n) is 1.21. The van der Waals surface area contributed by atoms with Gasteiger partial charge in [0.1, 0.15) is 5.50 Å². The highest BCUT2D eigenvalue weighted by molar-refractivity contribution is 6.20. The van der Waals surface area contributed by atoms with Gasteiger partial charge in [0.25, 0.3) is 5.69 Å². The van der Waals surface area contributed by atoms with Crippen LogP contribution in [0, 0.1) is 10.1 Å². The highest BCUT2D eigenvalue weighted by Crippen LogP contribution is 2.26. The number of hydrogen-bond donors (Lipinski definition) is 1. The van der Waals surface area contributed by atoms with Gasteiger partial charge in [-0.05, 0) is 0 Å². The molecule has 1 atom stereocenters. The molecule has 0 radical (unpaired) electrons. The Morgan fingerprint density at radius 3 is 3.08 bits per heavy atom. The van der Waals surface area contributed by atoms with Crippen LogP contribution in [0.2, 0.25) is 0 Å². The van der Waals surface area contributed by atoms with Gasteiger partial charge in [0, 0.05) is 18.5 Å². The summed E-state index contributed by atoms with van der Waals surface area (Å²) in [5.41, 5.74) is 0.323. The lowest BCUT2D eigenvalue weighted by Gasteiger charge is -2.15. The summed E-state index contributed by atoms with van der Waals surface area (Å²) < 4.78 is 1.63. The molecule has 0 fully saturated rings. The molecule has 0 spiro atoms. The van der Waals surface area contributed by atoms with Crippen LogP contribution in [0.1, 0.15) is 11.2 Å². The topological polar surface area (TPSA) is 60.1 Å². The van der Waals surface area contributed by atoms with Gasteiger partial charge >= 0.3 is 0 Å². The Labute approximate surface area is 78.8 Å². The zero-order valence-corrected chi connectivity index (χ0v) is 7.23. The number of halogens is 1. The largest absolute Gasteiger partial charge is 0.369 e. The molecule has 1 aromatic rings. The Balaban J connectivity index is 2.49. The lowest BCUT2D eigenvalue weighted by Crippen LogP contribution is -2.16. The van der Waals surface area contributed by atoms with Crippen LogP contribution in [0.4, 0.5) is 5.69 Å². The lowest BCUT2D eigenvalue weighted by molar-refractivity contribution is -0.384. The Morgan fingerprint density at radius 1 is 1.69 bits per heavy atom. The van der Waals surface area contributed by atoms with Crippen molar-refractivity contribution in [2.45, 2.75) is 5.50 Å². The molecule has 5 nitrogen and oxygen atoms in total. The lowest BCUT2D eigenvalue weighted by atomic mass is 10.4. The van der Waals surface area contributed by atoms with Crippen molar-refractivity contribution in [3.05, 3.63) is 34.3 Å². The summed E-state index contributed by atoms with van der Waals surface area (Å²) in [5, 5.41) is 13.3. The molecule has 13 heavy (non-hydrogen) atoms. The number of fused-ring (bicyclic) bond motifs is 1. The van der Waals surface area contributed by atoms with Crippen LogP contribution < -0.4 is 5.32 Å². The molecule has 0 aromatic carbocycles. The van der Waals surface area contributed by atoms with E-state index >= 15 is 0 Å². The second-order valence-electron chi connectivity index (χ2n) is 2.63. The van der Waals surface area contributed by atoms with Crippen molar-refractivity contribution in [1.29, 1.82) is 0 Å². The normalized spacial score (nSPS) is 19.3. The Kier molecular flexibility index (Phi) is 1.73. The van der Waals surface area contributed by atoms with Gasteiger partial charge in [0.15, 0.2) is 0 Å². The van der Waals surface area contributed by atoms with Gasteiger partial charge in [-0.15, -0.1) is 0 Å². The molecule has 68 valence electrons. The summed E-state index contributed by atoms with van der Waals surface area (Å²) in [6, 6.07) is 1.45. The van der Waals surface area contributed by atoms with Gasteiger partial charge in [0.2, 0.25) is 0 Å². The second kappa shape index (κ2) is 2.77. The van der Waals surface area contributed by atoms with Crippen molar-refractivity contribution in [2.75, 3.05) is 0 Å². The molecule has 2 heterocycles. The summed E-state index contributed by atoms with van der Waals surface area (Å²) >= 11 is 5.86. The highest BCUT2D eigenvalue weighted by atomic mass is 35.5. The smallest absolute Gasteiger partial charge is 0.287 e. The molecule has 2 rings (SSSR count). The van der Waals surface area contributed by atoms with Crippen LogP contribution in [-0.2, 0) is 0 Å². The van der Waals surface area contributed by atoms with E-state index in [9.17, 15) is 10.1 Å². The first-order valence-corrected chi connectivity index (χ1v) is 4.05. The maximum Gasteiger partial charge on any atom is 0.287 e. The van der Waals surface area contributed by atoms with E-state index in [0.717, 1.165) is 0 Å². The molecule has 0 saturated carbocycles. The summed E-state index contributed by atoms with van der Waals surface area (Å²) in [6.07, 6.45) is 4.76. The molecule has 0 bridgehead atoms. The van der Waals surface area contributed by atoms with Crippen LogP contribution in [0.3, 0.4) is 0 Å². The van der Waals surface area contributed by atoms with Crippen molar-refractivity contribution in [3.8, 4) is 0 Å². The van der Waals surface area contributed by atoms with Crippen LogP contribution in [0.25, 0.3) is 6.20 Å². The molecule has 1 N–H and O–H groups in total. The fraction of sp³-hybridized carbons (Fsp3) is 0.143. The number of alkyl halides is 1. The Bertz CT molecular complexity index is 385. The maximum atomic E-state index is 10.4. The number of rotatable bonds is 1. The number of aromatic nitrogens is 1. The van der Waals surface area contributed by atoms with Crippen molar-refractivity contribution >= 4 is 23.5 Å². The van der Waals surface area contributed by atoms with Crippen molar-refractivity contribution in [1.82, 2.24) is 9.88 Å². The van der Waals surface area contributed by atoms with Gasteiger partial charge in [-0.2, -0.15) is 0 Å². The monoisotopic (exact) mass is 199 g/mol. The molecule has 0 amide bonds. The first kappa shape index (κ1) is 8.12. The van der Waals surface area contributed by atoms with Gasteiger partial charge in [-0.1, -0.05) is 11.6 Å². The molecule has 1 aliphatic rings. The van der Waals surface area contributed by atoms with Gasteiger partial charge in [0.05, 0.1) is 16.8 Å². The summed E-state index contributed by atoms with van der Waals surface area (Å²) in [6.45, 7) is 0. The van der Waals surface area contributed by atoms with Gasteiger partial charge < -0.3 is 9.88 Å². The number of nitrogens with zero attached hydrogens (tertiary/aromatic N) is 2. The minimum Gasteiger partial charge on any atom is -0.369 e. The van der Waals surface area contributed by atoms with Crippen LogP contribution in [0.15, 0.2) is 18.5 Å². The van der Waals surface area contributed by atoms with E-state index in [0.29, 0.717) is 5.69 Å². The SMILES string of the molecule is O=[N+]([O-])c1cc2n(c1)C=CN[C@H]2Cl. The van der Waals surface area contributed by atoms with E-state index in [1.165, 1.54) is 12.3 Å². The summed E-state index contributed by atoms with van der Waals surface area (Å²) in [4.78, 5) is 9.99. The predicted molar refractivity (Wildman–Crippen MR) is 48.1 cm³/mol. The van der Waals surface area contributed by atoms with Crippen molar-refractivity contribution in [2.24, 2.45) is 0 Å². The third-order valence-electron chi connectivity index (χ3n) is 1.81. The minimum atomic E-state index is -0.442. The molecule has 6 heteroatoms. The zero-order chi connectivity index (χ0) is 9.42. The first-order valence-electron chi connectivity index (χ1n) is 3.61. The highest BCUT2D eigenvalue weighted by Gasteiger charge is 2.19. The molecular formula is C7H6ClN3O2. The fourth-order valence-corrected chi connectivity index (χ4v) is 1.45. The molecule has 0 unspecified atom stereocenters. The van der Waals surface area contributed by atoms with E-state index in [4.69, 9.17) is 11.6 Å². The maximum absolute atomic E-state index is 10.4. The quantitative estimate of drug-likeness (QED) is 0.324. The second-order valence-corrected chi connectivity index (χ2v) is 3.07. The Morgan fingerprint density at radius 2 is 2.46 bits per heavy atom. The number of nitrogens with one attached hydrogen (secondary N) is 1. The predicted octanol–water partition coefficient (Wildman–Crippen LogP) is 1.67. The average molecular weight is 200 g/mol. The number of hydrogen-bond acceptors (Lipinski definition) is 3. The summed E-state index contributed by atoms with van der Waals surface area (Å²) in [7, 11) is 0. The molecule has 0 saturated heterocycles. The van der Waals surface area contributed by atoms with E-state index < -0.39 is 10.4 Å². The average Bonchev–Trinajstić information content (AvgIpc) is 2.49. The van der Waals surface area contributed by atoms with E-state index in [1.807, 2.05) is 0 Å². The first-order chi connectivity index (χ1) is 6.18. The van der Waals surface area contributed by atoms with Gasteiger partial charge in [-0.25, -0.2) is 0 Å². The van der Waals surface area contributed by atoms with Gasteiger partial charge in [-0.3, -0.25) is 10.1 Å². The molecule has 0 aliphatic carbocycles. The van der Waals surface area contributed by atoms with Crippen LogP contribution >= 0.6 is 11.6 Å². The minimum absolute atomic E-state index is 0.0500. The molecular weight excluding hydrogens is 194 g/mol. The standard InChI is InChI=1S/C7H6ClN3O2/c8-7-6-3-5(11(12)13)4-10(6)2-1-9-7/h1-4,7,9H/t7-/m1/s1. The zero-order valence-electron chi connectivity index (χ0n) is 6.48. The Hall–Kier alpha value is -1.49. The van der Waals surface area contributed by atoms with Crippen molar-refractivity contribution < 1.29 is 4.92 Å². The van der Waals surface area contributed by atoms with E-state index in [2.05, 4.69) is 5.32 Å². The van der Waals surface area contributed by atoms with Crippen LogP contribution in [-0.4, -0.2) is 9.49 Å². The van der Waals surface area contributed by atoms with Crippen LogP contribution in [0.5, 0.6) is 0 Å². The number of nitro groups is 1. The van der Waals surface area contributed by atoms with Crippen molar-refractivity contribution in [3.63, 3.8) is 0 Å². The molecule has 1 aliphatic heterocycles. The summed E-state index contributed by atoms with van der Waals surface area (Å²) in [5.74, 6) is 0. The third-order valence-corrected chi connectivity index (χ3v) is 2.16. The van der Waals surface area contributed by atoms with E-state index in [1.54, 1.807) is 17.0 Å². The van der Waals surface area contributed by atoms with E-state index in [-0.39, 0.29) is 5.69 Å². The molecule has 1 aromatic heterocycles. The third kappa shape index (κ3) is 1.27.